The Bertz CT molecular complexity index is 713. The smallest absolute Gasteiger partial charge is 0.267 e. The molecule has 1 saturated heterocycles. The highest BCUT2D eigenvalue weighted by atomic mass is 32.2. The van der Waals surface area contributed by atoms with E-state index in [-0.39, 0.29) is 23.5 Å². The van der Waals surface area contributed by atoms with Crippen molar-refractivity contribution in [3.05, 3.63) is 18.2 Å². The first-order valence-corrected chi connectivity index (χ1v) is 9.06. The van der Waals surface area contributed by atoms with Gasteiger partial charge in [0.2, 0.25) is 10.0 Å². The highest BCUT2D eigenvalue weighted by molar-refractivity contribution is 7.89. The minimum Gasteiger partial charge on any atom is -0.479 e. The number of nitrogens with zero attached hydrogens (tertiary/aromatic N) is 1. The number of rotatable bonds is 4. The molecular formula is C15H20N2O5S. The number of carbonyl (C=O) groups excluding carboxylic acids is 1. The van der Waals surface area contributed by atoms with E-state index in [2.05, 4.69) is 4.72 Å². The van der Waals surface area contributed by atoms with Gasteiger partial charge in [0, 0.05) is 20.2 Å². The van der Waals surface area contributed by atoms with E-state index in [4.69, 9.17) is 9.47 Å². The first-order valence-electron chi connectivity index (χ1n) is 7.58. The van der Waals surface area contributed by atoms with E-state index in [0.29, 0.717) is 18.0 Å². The van der Waals surface area contributed by atoms with Crippen LogP contribution in [0.3, 0.4) is 0 Å². The third-order valence-corrected chi connectivity index (χ3v) is 5.53. The van der Waals surface area contributed by atoms with E-state index in [0.717, 1.165) is 12.8 Å². The number of hydrogen-bond donors (Lipinski definition) is 1. The standard InChI is InChI=1S/C15H20N2O5S/c1-10-15(18)17(2)13-8-12(5-6-14(13)22-10)23(19,20)16-9-11-4-3-7-21-11/h5-6,8,10-11,16H,3-4,7,9H2,1-2H3. The van der Waals surface area contributed by atoms with Crippen LogP contribution in [-0.2, 0) is 19.6 Å². The molecule has 2 heterocycles. The Kier molecular flexibility index (Phi) is 4.31. The minimum atomic E-state index is -3.66. The van der Waals surface area contributed by atoms with Crippen molar-refractivity contribution in [1.29, 1.82) is 0 Å². The van der Waals surface area contributed by atoms with Gasteiger partial charge in [-0.1, -0.05) is 0 Å². The molecule has 1 aromatic carbocycles. The van der Waals surface area contributed by atoms with Crippen molar-refractivity contribution in [2.75, 3.05) is 25.1 Å². The zero-order valence-corrected chi connectivity index (χ0v) is 13.9. The van der Waals surface area contributed by atoms with Crippen LogP contribution in [0.15, 0.2) is 23.1 Å². The molecule has 126 valence electrons. The number of amides is 1. The first-order chi connectivity index (χ1) is 10.9. The molecule has 2 atom stereocenters. The zero-order chi connectivity index (χ0) is 16.6. The van der Waals surface area contributed by atoms with Crippen molar-refractivity contribution < 1.29 is 22.7 Å². The molecule has 23 heavy (non-hydrogen) atoms. The topological polar surface area (TPSA) is 84.9 Å². The predicted molar refractivity (Wildman–Crippen MR) is 84.1 cm³/mol. The average molecular weight is 340 g/mol. The second-order valence-corrected chi connectivity index (χ2v) is 7.54. The van der Waals surface area contributed by atoms with Crippen LogP contribution >= 0.6 is 0 Å². The van der Waals surface area contributed by atoms with Crippen molar-refractivity contribution in [2.45, 2.75) is 36.9 Å². The zero-order valence-electron chi connectivity index (χ0n) is 13.1. The van der Waals surface area contributed by atoms with Gasteiger partial charge in [-0.15, -0.1) is 0 Å². The van der Waals surface area contributed by atoms with Crippen molar-refractivity contribution >= 4 is 21.6 Å². The lowest BCUT2D eigenvalue weighted by atomic mass is 10.2. The number of anilines is 1. The fourth-order valence-electron chi connectivity index (χ4n) is 2.75. The molecule has 1 aromatic rings. The Morgan fingerprint density at radius 2 is 2.17 bits per heavy atom. The molecule has 2 aliphatic heterocycles. The van der Waals surface area contributed by atoms with E-state index < -0.39 is 16.1 Å². The lowest BCUT2D eigenvalue weighted by Crippen LogP contribution is -2.42. The van der Waals surface area contributed by atoms with Crippen LogP contribution in [0.4, 0.5) is 5.69 Å². The summed E-state index contributed by atoms with van der Waals surface area (Å²) in [6.07, 6.45) is 1.16. The number of carbonyl (C=O) groups is 1. The van der Waals surface area contributed by atoms with Gasteiger partial charge in [0.25, 0.3) is 5.91 Å². The van der Waals surface area contributed by atoms with Crippen LogP contribution in [0.2, 0.25) is 0 Å². The number of fused-ring (bicyclic) bond motifs is 1. The fraction of sp³-hybridized carbons (Fsp3) is 0.533. The molecule has 1 amide bonds. The lowest BCUT2D eigenvalue weighted by molar-refractivity contribution is -0.125. The molecule has 0 bridgehead atoms. The normalized spacial score (nSPS) is 24.4. The molecule has 7 nitrogen and oxygen atoms in total. The maximum absolute atomic E-state index is 12.4. The molecule has 2 unspecified atom stereocenters. The van der Waals surface area contributed by atoms with Gasteiger partial charge in [-0.2, -0.15) is 0 Å². The van der Waals surface area contributed by atoms with Crippen molar-refractivity contribution in [2.24, 2.45) is 0 Å². The number of benzene rings is 1. The molecule has 3 rings (SSSR count). The van der Waals surface area contributed by atoms with E-state index in [1.165, 1.54) is 17.0 Å². The van der Waals surface area contributed by atoms with Crippen LogP contribution in [0.1, 0.15) is 19.8 Å². The van der Waals surface area contributed by atoms with E-state index in [1.54, 1.807) is 20.0 Å². The Hall–Kier alpha value is -1.64. The van der Waals surface area contributed by atoms with Gasteiger partial charge in [0.15, 0.2) is 6.10 Å². The maximum atomic E-state index is 12.4. The van der Waals surface area contributed by atoms with Crippen LogP contribution in [0.25, 0.3) is 0 Å². The fourth-order valence-corrected chi connectivity index (χ4v) is 3.84. The quantitative estimate of drug-likeness (QED) is 0.880. The molecule has 1 fully saturated rings. The Morgan fingerprint density at radius 1 is 1.39 bits per heavy atom. The summed E-state index contributed by atoms with van der Waals surface area (Å²) in [5, 5.41) is 0. The van der Waals surface area contributed by atoms with Gasteiger partial charge in [-0.25, -0.2) is 13.1 Å². The molecular weight excluding hydrogens is 320 g/mol. The number of nitrogens with one attached hydrogen (secondary N) is 1. The predicted octanol–water partition coefficient (Wildman–Crippen LogP) is 0.888. The summed E-state index contributed by atoms with van der Waals surface area (Å²) in [7, 11) is -2.05. The first kappa shape index (κ1) is 16.2. The summed E-state index contributed by atoms with van der Waals surface area (Å²) in [5.74, 6) is 0.289. The summed E-state index contributed by atoms with van der Waals surface area (Å²) in [6.45, 7) is 2.59. The third-order valence-electron chi connectivity index (χ3n) is 4.11. The van der Waals surface area contributed by atoms with Gasteiger partial charge in [-0.05, 0) is 38.0 Å². The molecule has 0 saturated carbocycles. The molecule has 0 spiro atoms. The number of hydrogen-bond acceptors (Lipinski definition) is 5. The molecule has 2 aliphatic rings. The summed E-state index contributed by atoms with van der Waals surface area (Å²) in [6, 6.07) is 4.51. The van der Waals surface area contributed by atoms with Crippen molar-refractivity contribution in [3.8, 4) is 5.75 Å². The second kappa shape index (κ2) is 6.10. The largest absolute Gasteiger partial charge is 0.479 e. The Morgan fingerprint density at radius 3 is 2.87 bits per heavy atom. The summed E-state index contributed by atoms with van der Waals surface area (Å²) < 4.78 is 38.3. The van der Waals surface area contributed by atoms with Crippen LogP contribution in [0.5, 0.6) is 5.75 Å². The molecule has 8 heteroatoms. The van der Waals surface area contributed by atoms with Crippen LogP contribution in [0, 0.1) is 0 Å². The summed E-state index contributed by atoms with van der Waals surface area (Å²) >= 11 is 0. The maximum Gasteiger partial charge on any atom is 0.267 e. The Labute approximate surface area is 135 Å². The lowest BCUT2D eigenvalue weighted by Gasteiger charge is -2.30. The average Bonchev–Trinajstić information content (AvgIpc) is 3.04. The van der Waals surface area contributed by atoms with Gasteiger partial charge >= 0.3 is 0 Å². The summed E-state index contributed by atoms with van der Waals surface area (Å²) in [5.41, 5.74) is 0.452. The highest BCUT2D eigenvalue weighted by Crippen LogP contribution is 2.35. The van der Waals surface area contributed by atoms with Gasteiger partial charge in [-0.3, -0.25) is 4.79 Å². The van der Waals surface area contributed by atoms with Gasteiger partial charge < -0.3 is 14.4 Å². The molecule has 1 N–H and O–H groups in total. The van der Waals surface area contributed by atoms with Crippen molar-refractivity contribution in [1.82, 2.24) is 4.72 Å². The Balaban J connectivity index is 1.81. The van der Waals surface area contributed by atoms with Gasteiger partial charge in [0.05, 0.1) is 16.7 Å². The van der Waals surface area contributed by atoms with Crippen LogP contribution in [-0.4, -0.2) is 46.7 Å². The highest BCUT2D eigenvalue weighted by Gasteiger charge is 2.30. The molecule has 0 aliphatic carbocycles. The van der Waals surface area contributed by atoms with E-state index >= 15 is 0 Å². The van der Waals surface area contributed by atoms with Crippen molar-refractivity contribution in [3.63, 3.8) is 0 Å². The second-order valence-electron chi connectivity index (χ2n) is 5.77. The van der Waals surface area contributed by atoms with E-state index in [1.807, 2.05) is 0 Å². The third kappa shape index (κ3) is 3.19. The summed E-state index contributed by atoms with van der Waals surface area (Å²) in [4.78, 5) is 13.5. The van der Waals surface area contributed by atoms with Gasteiger partial charge in [0.1, 0.15) is 5.75 Å². The number of sulfonamides is 1. The van der Waals surface area contributed by atoms with Crippen LogP contribution < -0.4 is 14.4 Å². The number of likely N-dealkylation sites (N-methyl/N-ethyl adjacent to an activating group) is 1. The number of ether oxygens (including phenoxy) is 2. The SMILES string of the molecule is CC1Oc2ccc(S(=O)(=O)NCC3CCCO3)cc2N(C)C1=O. The minimum absolute atomic E-state index is 0.0733. The molecule has 0 aromatic heterocycles. The monoisotopic (exact) mass is 340 g/mol. The van der Waals surface area contributed by atoms with E-state index in [9.17, 15) is 13.2 Å². The molecule has 0 radical (unpaired) electrons.